The smallest absolute Gasteiger partial charge is 0.222 e. The molecule has 1 rings (SSSR count). The maximum atomic E-state index is 9.18. The van der Waals surface area contributed by atoms with Gasteiger partial charge < -0.3 is 21.7 Å². The average molecular weight is 164 g/mol. The molecule has 5 heteroatoms. The van der Waals surface area contributed by atoms with Gasteiger partial charge in [0.05, 0.1) is 5.41 Å². The Hall–Kier alpha value is 0.190. The molecule has 0 saturated carbocycles. The first kappa shape index (κ1) is 8.29. The van der Waals surface area contributed by atoms with Crippen LogP contribution in [0.4, 0.5) is 0 Å². The van der Waals surface area contributed by atoms with Crippen molar-refractivity contribution < 1.29 is 10.2 Å². The van der Waals surface area contributed by atoms with Crippen LogP contribution in [0.2, 0.25) is 0 Å². The van der Waals surface area contributed by atoms with Gasteiger partial charge in [-0.05, 0) is 0 Å². The van der Waals surface area contributed by atoms with Crippen molar-refractivity contribution in [2.24, 2.45) is 16.9 Å². The molecule has 0 radical (unpaired) electrons. The highest BCUT2D eigenvalue weighted by Crippen LogP contribution is 2.50. The highest BCUT2D eigenvalue weighted by atomic mass is 32.2. The van der Waals surface area contributed by atoms with Gasteiger partial charge in [0.25, 0.3) is 0 Å². The molecule has 1 saturated heterocycles. The van der Waals surface area contributed by atoms with Gasteiger partial charge in [0, 0.05) is 18.8 Å². The van der Waals surface area contributed by atoms with Crippen LogP contribution in [0.25, 0.3) is 0 Å². The molecule has 6 N–H and O–H groups in total. The van der Waals surface area contributed by atoms with Crippen LogP contribution in [-0.4, -0.2) is 34.2 Å². The Labute approximate surface area is 63.6 Å². The fourth-order valence-corrected chi connectivity index (χ4v) is 2.09. The molecule has 0 aromatic heterocycles. The van der Waals surface area contributed by atoms with E-state index in [2.05, 4.69) is 0 Å². The molecule has 1 fully saturated rings. The van der Waals surface area contributed by atoms with Gasteiger partial charge in [0.15, 0.2) is 0 Å². The molecule has 4 nitrogen and oxygen atoms in total. The van der Waals surface area contributed by atoms with Crippen molar-refractivity contribution in [3.8, 4) is 0 Å². The van der Waals surface area contributed by atoms with Crippen molar-refractivity contribution in [1.29, 1.82) is 0 Å². The Morgan fingerprint density at radius 1 is 1.30 bits per heavy atom. The minimum Gasteiger partial charge on any atom is -0.357 e. The molecule has 1 heterocycles. The van der Waals surface area contributed by atoms with E-state index in [0.717, 1.165) is 11.8 Å². The van der Waals surface area contributed by atoms with Gasteiger partial charge in [0.1, 0.15) is 0 Å². The lowest BCUT2D eigenvalue weighted by molar-refractivity contribution is -0.169. The summed E-state index contributed by atoms with van der Waals surface area (Å²) in [7, 11) is 0. The van der Waals surface area contributed by atoms with Crippen LogP contribution in [0.3, 0.4) is 0 Å². The van der Waals surface area contributed by atoms with Gasteiger partial charge in [-0.3, -0.25) is 0 Å². The van der Waals surface area contributed by atoms with Gasteiger partial charge in [0.2, 0.25) is 5.12 Å². The summed E-state index contributed by atoms with van der Waals surface area (Å²) in [5.41, 5.74) is 10.0. The average Bonchev–Trinajstić information content (AvgIpc) is 1.89. The molecular formula is C5H12N2O2S. The monoisotopic (exact) mass is 164 g/mol. The summed E-state index contributed by atoms with van der Waals surface area (Å²) in [5, 5.41) is 16.7. The fraction of sp³-hybridized carbons (Fsp3) is 1.00. The molecule has 1 aliphatic rings. The predicted molar refractivity (Wildman–Crippen MR) is 40.2 cm³/mol. The minimum absolute atomic E-state index is 0.226. The normalized spacial score (nSPS) is 27.6. The molecule has 0 atom stereocenters. The summed E-state index contributed by atoms with van der Waals surface area (Å²) in [4.78, 5) is 0. The maximum absolute atomic E-state index is 9.18. The molecule has 10 heavy (non-hydrogen) atoms. The van der Waals surface area contributed by atoms with E-state index in [1.54, 1.807) is 0 Å². The summed E-state index contributed by atoms with van der Waals surface area (Å²) in [5.74, 6) is 0.632. The van der Waals surface area contributed by atoms with Crippen LogP contribution in [-0.2, 0) is 0 Å². The number of rotatable bonds is 2. The van der Waals surface area contributed by atoms with Gasteiger partial charge in [-0.1, -0.05) is 11.8 Å². The van der Waals surface area contributed by atoms with Crippen LogP contribution >= 0.6 is 11.8 Å². The zero-order chi connectivity index (χ0) is 7.83. The summed E-state index contributed by atoms with van der Waals surface area (Å²) in [6, 6.07) is 0. The van der Waals surface area contributed by atoms with E-state index in [-0.39, 0.29) is 13.1 Å². The van der Waals surface area contributed by atoms with Gasteiger partial charge in [-0.2, -0.15) is 0 Å². The van der Waals surface area contributed by atoms with Crippen LogP contribution in [0, 0.1) is 5.41 Å². The Balaban J connectivity index is 2.67. The second-order valence-corrected chi connectivity index (χ2v) is 3.73. The summed E-state index contributed by atoms with van der Waals surface area (Å²) in [6.07, 6.45) is 0. The molecule has 0 spiro atoms. The fourth-order valence-electron chi connectivity index (χ4n) is 0.872. The van der Waals surface area contributed by atoms with E-state index in [1.165, 1.54) is 0 Å². The van der Waals surface area contributed by atoms with Crippen molar-refractivity contribution in [1.82, 2.24) is 0 Å². The minimum atomic E-state index is -1.70. The van der Waals surface area contributed by atoms with Gasteiger partial charge in [-0.25, -0.2) is 0 Å². The SMILES string of the molecule is NCC1(CN)CSC1(O)O. The third-order valence-electron chi connectivity index (χ3n) is 2.02. The van der Waals surface area contributed by atoms with E-state index < -0.39 is 10.5 Å². The second-order valence-electron chi connectivity index (χ2n) is 2.59. The second kappa shape index (κ2) is 2.35. The Bertz CT molecular complexity index is 130. The topological polar surface area (TPSA) is 92.5 Å². The molecular weight excluding hydrogens is 152 g/mol. The molecule has 0 aromatic rings. The number of aliphatic hydroxyl groups is 2. The van der Waals surface area contributed by atoms with E-state index in [1.807, 2.05) is 0 Å². The lowest BCUT2D eigenvalue weighted by Crippen LogP contribution is -2.63. The Morgan fingerprint density at radius 3 is 1.80 bits per heavy atom. The Morgan fingerprint density at radius 2 is 1.80 bits per heavy atom. The first-order valence-corrected chi connectivity index (χ1v) is 4.05. The lowest BCUT2D eigenvalue weighted by atomic mass is 9.88. The van der Waals surface area contributed by atoms with Crippen LogP contribution in [0.1, 0.15) is 0 Å². The molecule has 60 valence electrons. The van der Waals surface area contributed by atoms with Crippen LogP contribution in [0.5, 0.6) is 0 Å². The van der Waals surface area contributed by atoms with Crippen LogP contribution in [0.15, 0.2) is 0 Å². The summed E-state index contributed by atoms with van der Waals surface area (Å²) < 4.78 is 0. The zero-order valence-corrected chi connectivity index (χ0v) is 6.40. The molecule has 0 amide bonds. The van der Waals surface area contributed by atoms with Crippen molar-refractivity contribution in [3.05, 3.63) is 0 Å². The quantitative estimate of drug-likeness (QED) is 0.364. The third-order valence-corrected chi connectivity index (χ3v) is 3.55. The summed E-state index contributed by atoms with van der Waals surface area (Å²) in [6.45, 7) is 0.451. The van der Waals surface area contributed by atoms with Gasteiger partial charge >= 0.3 is 0 Å². The summed E-state index contributed by atoms with van der Waals surface area (Å²) >= 11 is 1.07. The predicted octanol–water partition coefficient (Wildman–Crippen LogP) is -1.72. The van der Waals surface area contributed by atoms with Gasteiger partial charge in [-0.15, -0.1) is 0 Å². The first-order valence-electron chi connectivity index (χ1n) is 3.07. The Kier molecular flexibility index (Phi) is 1.95. The standard InChI is InChI=1S/C5H12N2O2S/c6-1-4(2-7)3-10-5(4,8)9/h8-9H,1-3,6-7H2. The number of thioether (sulfide) groups is 1. The van der Waals surface area contributed by atoms with E-state index in [9.17, 15) is 10.2 Å². The van der Waals surface area contributed by atoms with Crippen molar-refractivity contribution >= 4 is 11.8 Å². The molecule has 1 aliphatic heterocycles. The molecule has 0 unspecified atom stereocenters. The largest absolute Gasteiger partial charge is 0.357 e. The molecule has 0 aliphatic carbocycles. The highest BCUT2D eigenvalue weighted by molar-refractivity contribution is 8.01. The number of hydrogen-bond acceptors (Lipinski definition) is 5. The molecule has 0 bridgehead atoms. The van der Waals surface area contributed by atoms with E-state index >= 15 is 0 Å². The van der Waals surface area contributed by atoms with Crippen molar-refractivity contribution in [3.63, 3.8) is 0 Å². The van der Waals surface area contributed by atoms with E-state index in [4.69, 9.17) is 11.5 Å². The highest BCUT2D eigenvalue weighted by Gasteiger charge is 2.57. The number of nitrogens with two attached hydrogens (primary N) is 2. The van der Waals surface area contributed by atoms with Crippen molar-refractivity contribution in [2.45, 2.75) is 5.12 Å². The number of hydrogen-bond donors (Lipinski definition) is 4. The first-order chi connectivity index (χ1) is 4.58. The maximum Gasteiger partial charge on any atom is 0.222 e. The lowest BCUT2D eigenvalue weighted by Gasteiger charge is -2.50. The van der Waals surface area contributed by atoms with Crippen LogP contribution < -0.4 is 11.5 Å². The molecule has 0 aromatic carbocycles. The van der Waals surface area contributed by atoms with E-state index in [0.29, 0.717) is 5.75 Å². The van der Waals surface area contributed by atoms with Crippen molar-refractivity contribution in [2.75, 3.05) is 18.8 Å². The zero-order valence-electron chi connectivity index (χ0n) is 5.58. The third kappa shape index (κ3) is 0.860.